The van der Waals surface area contributed by atoms with Gasteiger partial charge in [-0.05, 0) is 30.7 Å². The lowest BCUT2D eigenvalue weighted by molar-refractivity contribution is -0.385. The van der Waals surface area contributed by atoms with Crippen molar-refractivity contribution in [2.75, 3.05) is 5.32 Å². The van der Waals surface area contributed by atoms with Gasteiger partial charge >= 0.3 is 0 Å². The minimum Gasteiger partial charge on any atom is -0.319 e. The molecule has 0 aliphatic carbocycles. The van der Waals surface area contributed by atoms with Gasteiger partial charge in [-0.2, -0.15) is 5.21 Å². The van der Waals surface area contributed by atoms with Crippen molar-refractivity contribution in [3.05, 3.63) is 39.2 Å². The highest BCUT2D eigenvalue weighted by molar-refractivity contribution is 6.01. The van der Waals surface area contributed by atoms with Crippen molar-refractivity contribution in [3.63, 3.8) is 0 Å². The van der Waals surface area contributed by atoms with E-state index in [2.05, 4.69) is 25.9 Å². The second-order valence-electron chi connectivity index (χ2n) is 3.90. The van der Waals surface area contributed by atoms with Crippen LogP contribution >= 0.6 is 0 Å². The van der Waals surface area contributed by atoms with Gasteiger partial charge in [-0.1, -0.05) is 0 Å². The van der Waals surface area contributed by atoms with E-state index in [1.165, 1.54) is 12.1 Å². The third-order valence-corrected chi connectivity index (χ3v) is 2.54. The molecule has 9 nitrogen and oxygen atoms in total. The smallest absolute Gasteiger partial charge is 0.297 e. The first kappa shape index (κ1) is 12.6. The number of tetrazole rings is 1. The summed E-state index contributed by atoms with van der Waals surface area (Å²) in [4.78, 5) is 22.0. The Morgan fingerprint density at radius 2 is 2.11 bits per heavy atom. The number of nitro benzene ring substituents is 1. The zero-order valence-corrected chi connectivity index (χ0v) is 10.2. The van der Waals surface area contributed by atoms with E-state index in [1.807, 2.05) is 0 Å². The lowest BCUT2D eigenvalue weighted by Crippen LogP contribution is -2.15. The van der Waals surface area contributed by atoms with Crippen LogP contribution in [-0.2, 0) is 0 Å². The molecule has 0 aliphatic rings. The number of aryl methyl sites for hydroxylation is 2. The van der Waals surface area contributed by atoms with E-state index in [0.29, 0.717) is 16.8 Å². The third-order valence-electron chi connectivity index (χ3n) is 2.54. The number of amides is 1. The Balaban J connectivity index is 2.29. The molecule has 2 N–H and O–H groups in total. The van der Waals surface area contributed by atoms with Crippen LogP contribution in [0, 0.1) is 24.0 Å². The summed E-state index contributed by atoms with van der Waals surface area (Å²) in [5.74, 6) is -0.638. The topological polar surface area (TPSA) is 127 Å². The van der Waals surface area contributed by atoms with Gasteiger partial charge in [0.1, 0.15) is 0 Å². The number of benzene rings is 1. The first-order chi connectivity index (χ1) is 8.99. The minimum absolute atomic E-state index is 0.00931. The zero-order chi connectivity index (χ0) is 14.0. The molecule has 0 aliphatic heterocycles. The van der Waals surface area contributed by atoms with Crippen molar-refractivity contribution in [1.82, 2.24) is 20.6 Å². The zero-order valence-electron chi connectivity index (χ0n) is 10.2. The van der Waals surface area contributed by atoms with Crippen molar-refractivity contribution < 1.29 is 9.72 Å². The van der Waals surface area contributed by atoms with Crippen LogP contribution in [0.4, 0.5) is 11.4 Å². The number of H-pyrrole nitrogens is 1. The van der Waals surface area contributed by atoms with E-state index < -0.39 is 10.8 Å². The van der Waals surface area contributed by atoms with Gasteiger partial charge in [0.05, 0.1) is 4.92 Å². The quantitative estimate of drug-likeness (QED) is 0.626. The Hall–Kier alpha value is -2.84. The molecular formula is C10H10N6O3. The highest BCUT2D eigenvalue weighted by atomic mass is 16.6. The number of nitro groups is 1. The summed E-state index contributed by atoms with van der Waals surface area (Å²) in [6, 6.07) is 2.94. The molecule has 2 aromatic rings. The first-order valence-corrected chi connectivity index (χ1v) is 5.29. The van der Waals surface area contributed by atoms with Crippen LogP contribution in [0.1, 0.15) is 21.7 Å². The molecule has 0 saturated heterocycles. The molecule has 1 amide bonds. The van der Waals surface area contributed by atoms with Crippen molar-refractivity contribution in [2.45, 2.75) is 13.8 Å². The molecule has 98 valence electrons. The molecular weight excluding hydrogens is 252 g/mol. The number of aromatic amines is 1. The maximum atomic E-state index is 11.7. The lowest BCUT2D eigenvalue weighted by atomic mass is 10.1. The normalized spacial score (nSPS) is 10.2. The second-order valence-corrected chi connectivity index (χ2v) is 3.90. The van der Waals surface area contributed by atoms with Gasteiger partial charge < -0.3 is 5.32 Å². The number of anilines is 1. The van der Waals surface area contributed by atoms with Gasteiger partial charge in [-0.3, -0.25) is 14.9 Å². The van der Waals surface area contributed by atoms with Crippen molar-refractivity contribution >= 4 is 17.3 Å². The number of aromatic nitrogens is 4. The number of hydrogen-bond donors (Lipinski definition) is 2. The number of carbonyl (C=O) groups is 1. The van der Waals surface area contributed by atoms with Crippen LogP contribution in [0.25, 0.3) is 0 Å². The first-order valence-electron chi connectivity index (χ1n) is 5.29. The number of carbonyl (C=O) groups excluding carboxylic acids is 1. The van der Waals surface area contributed by atoms with Crippen LogP contribution in [0.15, 0.2) is 12.1 Å². The molecule has 19 heavy (non-hydrogen) atoms. The third kappa shape index (κ3) is 2.54. The second kappa shape index (κ2) is 4.80. The molecule has 1 heterocycles. The average molecular weight is 262 g/mol. The SMILES string of the molecule is Cc1cc([N+](=O)[O-])c(C)cc1NC(=O)c1nn[nH]n1. The van der Waals surface area contributed by atoms with Crippen molar-refractivity contribution in [1.29, 1.82) is 0 Å². The summed E-state index contributed by atoms with van der Waals surface area (Å²) in [7, 11) is 0. The van der Waals surface area contributed by atoms with E-state index in [0.717, 1.165) is 0 Å². The Labute approximate surface area is 107 Å². The number of nitrogens with zero attached hydrogens (tertiary/aromatic N) is 4. The molecule has 1 aromatic heterocycles. The summed E-state index contributed by atoms with van der Waals surface area (Å²) in [6.45, 7) is 3.26. The fourth-order valence-electron chi connectivity index (χ4n) is 1.57. The number of nitrogens with one attached hydrogen (secondary N) is 2. The molecule has 0 atom stereocenters. The molecule has 0 saturated carbocycles. The van der Waals surface area contributed by atoms with Crippen LogP contribution in [0.5, 0.6) is 0 Å². The van der Waals surface area contributed by atoms with Crippen LogP contribution < -0.4 is 5.32 Å². The Morgan fingerprint density at radius 3 is 2.68 bits per heavy atom. The summed E-state index contributed by atoms with van der Waals surface area (Å²) >= 11 is 0. The molecule has 1 aromatic carbocycles. The fourth-order valence-corrected chi connectivity index (χ4v) is 1.57. The van der Waals surface area contributed by atoms with Crippen LogP contribution in [-0.4, -0.2) is 31.5 Å². The Bertz CT molecular complexity index is 637. The van der Waals surface area contributed by atoms with Gasteiger partial charge in [0.2, 0.25) is 0 Å². The predicted octanol–water partition coefficient (Wildman–Crippen LogP) is 0.977. The van der Waals surface area contributed by atoms with Gasteiger partial charge in [0.15, 0.2) is 0 Å². The maximum Gasteiger partial charge on any atom is 0.297 e. The minimum atomic E-state index is -0.537. The predicted molar refractivity (Wildman–Crippen MR) is 64.7 cm³/mol. The van der Waals surface area contributed by atoms with Gasteiger partial charge in [-0.25, -0.2) is 0 Å². The van der Waals surface area contributed by atoms with Crippen LogP contribution in [0.2, 0.25) is 0 Å². The van der Waals surface area contributed by atoms with Gasteiger partial charge in [-0.15, -0.1) is 10.2 Å². The Morgan fingerprint density at radius 1 is 1.37 bits per heavy atom. The molecule has 9 heteroatoms. The molecule has 0 bridgehead atoms. The Kier molecular flexibility index (Phi) is 3.19. The summed E-state index contributed by atoms with van der Waals surface area (Å²) < 4.78 is 0. The van der Waals surface area contributed by atoms with Gasteiger partial charge in [0, 0.05) is 17.3 Å². The number of hydrogen-bond acceptors (Lipinski definition) is 6. The molecule has 0 radical (unpaired) electrons. The molecule has 2 rings (SSSR count). The molecule has 0 unspecified atom stereocenters. The highest BCUT2D eigenvalue weighted by Crippen LogP contribution is 2.26. The fraction of sp³-hybridized carbons (Fsp3) is 0.200. The van der Waals surface area contributed by atoms with E-state index in [1.54, 1.807) is 13.8 Å². The van der Waals surface area contributed by atoms with Crippen molar-refractivity contribution in [2.24, 2.45) is 0 Å². The average Bonchev–Trinajstić information content (AvgIpc) is 2.86. The number of rotatable bonds is 3. The van der Waals surface area contributed by atoms with E-state index in [9.17, 15) is 14.9 Å². The van der Waals surface area contributed by atoms with E-state index >= 15 is 0 Å². The molecule has 0 fully saturated rings. The van der Waals surface area contributed by atoms with E-state index in [4.69, 9.17) is 0 Å². The standard InChI is InChI=1S/C10H10N6O3/c1-5-4-8(16(18)19)6(2)3-7(5)11-10(17)9-12-14-15-13-9/h3-4H,1-2H3,(H,11,17)(H,12,13,14,15). The summed E-state index contributed by atoms with van der Waals surface area (Å²) in [5, 5.41) is 25.9. The lowest BCUT2D eigenvalue weighted by Gasteiger charge is -2.08. The van der Waals surface area contributed by atoms with Crippen LogP contribution in [0.3, 0.4) is 0 Å². The molecule has 0 spiro atoms. The highest BCUT2D eigenvalue weighted by Gasteiger charge is 2.16. The monoisotopic (exact) mass is 262 g/mol. The largest absolute Gasteiger partial charge is 0.319 e. The van der Waals surface area contributed by atoms with Gasteiger partial charge in [0.25, 0.3) is 17.4 Å². The maximum absolute atomic E-state index is 11.7. The summed E-state index contributed by atoms with van der Waals surface area (Å²) in [6.07, 6.45) is 0. The van der Waals surface area contributed by atoms with E-state index in [-0.39, 0.29) is 11.5 Å². The van der Waals surface area contributed by atoms with Crippen molar-refractivity contribution in [3.8, 4) is 0 Å². The summed E-state index contributed by atoms with van der Waals surface area (Å²) in [5.41, 5.74) is 1.51.